The Morgan fingerprint density at radius 2 is 0.935 bits per heavy atom. The third-order valence-electron chi connectivity index (χ3n) is 21.6. The van der Waals surface area contributed by atoms with Crippen LogP contribution in [0.15, 0.2) is 23.3 Å². The average molecular weight is 855 g/mol. The van der Waals surface area contributed by atoms with E-state index < -0.39 is 0 Å². The number of hydrogen-bond donors (Lipinski definition) is 0. The van der Waals surface area contributed by atoms with E-state index in [-0.39, 0.29) is 47.8 Å². The van der Waals surface area contributed by atoms with Gasteiger partial charge in [-0.25, -0.2) is 0 Å². The Morgan fingerprint density at radius 3 is 1.32 bits per heavy atom. The van der Waals surface area contributed by atoms with E-state index in [0.29, 0.717) is 10.8 Å². The summed E-state index contributed by atoms with van der Waals surface area (Å²) in [4.78, 5) is 26.5. The molecule has 16 unspecified atom stereocenters. The molecule has 0 amide bonds. The molecular weight excluding hydrogens is 761 g/mol. The van der Waals surface area contributed by atoms with Crippen LogP contribution in [0.5, 0.6) is 0 Å². The summed E-state index contributed by atoms with van der Waals surface area (Å²) in [7, 11) is 0. The Balaban J connectivity index is 0.787. The number of allylic oxidation sites excluding steroid dienone is 2. The minimum absolute atomic E-state index is 0.0604. The predicted octanol–water partition coefficient (Wildman–Crippen LogP) is 15.7. The minimum Gasteiger partial charge on any atom is -0.462 e. The topological polar surface area (TPSA) is 52.6 Å². The largest absolute Gasteiger partial charge is 0.462 e. The molecule has 350 valence electrons. The van der Waals surface area contributed by atoms with Crippen LogP contribution in [0.1, 0.15) is 223 Å². The number of carbonyl (C=O) groups is 2. The Bertz CT molecular complexity index is 1540. The fourth-order valence-corrected chi connectivity index (χ4v) is 18.2. The zero-order valence-corrected chi connectivity index (χ0v) is 41.8. The van der Waals surface area contributed by atoms with Gasteiger partial charge < -0.3 is 9.47 Å². The Kier molecular flexibility index (Phi) is 14.1. The molecule has 8 aliphatic carbocycles. The highest BCUT2D eigenvalue weighted by atomic mass is 16.6. The molecular formula is C58H94O4. The third kappa shape index (κ3) is 8.86. The maximum Gasteiger partial charge on any atom is 0.306 e. The molecule has 0 aliphatic heterocycles. The van der Waals surface area contributed by atoms with Crippen LogP contribution in [0.3, 0.4) is 0 Å². The lowest BCUT2D eigenvalue weighted by Crippen LogP contribution is -2.51. The zero-order chi connectivity index (χ0) is 44.2. The molecule has 16 atom stereocenters. The lowest BCUT2D eigenvalue weighted by molar-refractivity contribution is -0.158. The van der Waals surface area contributed by atoms with Crippen molar-refractivity contribution in [3.63, 3.8) is 0 Å². The van der Waals surface area contributed by atoms with Crippen molar-refractivity contribution in [3.8, 4) is 0 Å². The molecule has 0 bridgehead atoms. The first-order valence-corrected chi connectivity index (χ1v) is 27.2. The molecule has 8 rings (SSSR count). The number of ether oxygens (including phenoxy) is 2. The van der Waals surface area contributed by atoms with Crippen LogP contribution in [0, 0.1) is 92.7 Å². The second kappa shape index (κ2) is 18.6. The molecule has 6 saturated carbocycles. The highest BCUT2D eigenvalue weighted by Crippen LogP contribution is 2.69. The Morgan fingerprint density at radius 1 is 0.532 bits per heavy atom. The normalized spacial score (nSPS) is 43.2. The smallest absolute Gasteiger partial charge is 0.306 e. The van der Waals surface area contributed by atoms with Crippen LogP contribution >= 0.6 is 0 Å². The van der Waals surface area contributed by atoms with Crippen molar-refractivity contribution < 1.29 is 19.1 Å². The molecule has 0 saturated heterocycles. The zero-order valence-electron chi connectivity index (χ0n) is 41.8. The van der Waals surface area contributed by atoms with Crippen molar-refractivity contribution in [2.24, 2.45) is 92.7 Å². The quantitative estimate of drug-likeness (QED) is 0.122. The van der Waals surface area contributed by atoms with E-state index in [2.05, 4.69) is 81.4 Å². The van der Waals surface area contributed by atoms with Gasteiger partial charge >= 0.3 is 11.9 Å². The number of carbonyl (C=O) groups excluding carboxylic acids is 2. The molecule has 8 aliphatic rings. The highest BCUT2D eigenvalue weighted by Gasteiger charge is 2.61. The SMILES string of the molecule is CC(C)CCCC(C)C1CCC2C3CC=C4CC(OC(=O)CCC(=O)OC5CCC6(C)C(=CCC7C6CCC6(C)C(C(C)CCCC(C)C)CCC76)C5)CCC4(C)C3CCC12C. The number of rotatable bonds is 15. The van der Waals surface area contributed by atoms with E-state index in [1.54, 1.807) is 11.1 Å². The lowest BCUT2D eigenvalue weighted by Gasteiger charge is -2.58. The van der Waals surface area contributed by atoms with Crippen LogP contribution in [0.2, 0.25) is 0 Å². The molecule has 0 aromatic heterocycles. The first kappa shape index (κ1) is 46.9. The van der Waals surface area contributed by atoms with Gasteiger partial charge in [0.05, 0.1) is 12.8 Å². The second-order valence-electron chi connectivity index (χ2n) is 25.8. The summed E-state index contributed by atoms with van der Waals surface area (Å²) in [6, 6.07) is 0. The number of esters is 2. The van der Waals surface area contributed by atoms with Crippen LogP contribution in [-0.4, -0.2) is 24.1 Å². The van der Waals surface area contributed by atoms with E-state index in [0.717, 1.165) is 110 Å². The van der Waals surface area contributed by atoms with E-state index in [1.807, 2.05) is 0 Å². The first-order valence-electron chi connectivity index (χ1n) is 27.2. The predicted molar refractivity (Wildman–Crippen MR) is 255 cm³/mol. The van der Waals surface area contributed by atoms with Gasteiger partial charge in [0, 0.05) is 12.8 Å². The van der Waals surface area contributed by atoms with Gasteiger partial charge in [0.2, 0.25) is 0 Å². The van der Waals surface area contributed by atoms with Crippen molar-refractivity contribution in [1.82, 2.24) is 0 Å². The van der Waals surface area contributed by atoms with Crippen molar-refractivity contribution in [3.05, 3.63) is 23.3 Å². The molecule has 4 nitrogen and oxygen atoms in total. The van der Waals surface area contributed by atoms with E-state index in [4.69, 9.17) is 9.47 Å². The Hall–Kier alpha value is -1.58. The average Bonchev–Trinajstić information content (AvgIpc) is 3.77. The fourth-order valence-electron chi connectivity index (χ4n) is 18.2. The minimum atomic E-state index is -0.224. The molecule has 0 aromatic rings. The van der Waals surface area contributed by atoms with Crippen molar-refractivity contribution in [2.75, 3.05) is 0 Å². The first-order chi connectivity index (χ1) is 29.5. The van der Waals surface area contributed by atoms with Gasteiger partial charge in [0.25, 0.3) is 0 Å². The van der Waals surface area contributed by atoms with Gasteiger partial charge in [-0.3, -0.25) is 9.59 Å². The second-order valence-corrected chi connectivity index (χ2v) is 25.8. The summed E-state index contributed by atoms with van der Waals surface area (Å²) in [5.74, 6) is 9.52. The van der Waals surface area contributed by atoms with Crippen LogP contribution in [0.4, 0.5) is 0 Å². The van der Waals surface area contributed by atoms with E-state index >= 15 is 0 Å². The van der Waals surface area contributed by atoms with Crippen LogP contribution < -0.4 is 0 Å². The number of fused-ring (bicyclic) bond motifs is 10. The van der Waals surface area contributed by atoms with Crippen LogP contribution in [-0.2, 0) is 19.1 Å². The van der Waals surface area contributed by atoms with Gasteiger partial charge in [-0.1, -0.05) is 131 Å². The van der Waals surface area contributed by atoms with E-state index in [9.17, 15) is 9.59 Å². The fraction of sp³-hybridized carbons (Fsp3) is 0.897. The van der Waals surface area contributed by atoms with Gasteiger partial charge in [0.1, 0.15) is 12.2 Å². The summed E-state index contributed by atoms with van der Waals surface area (Å²) in [6.07, 6.45) is 33.2. The lowest BCUT2D eigenvalue weighted by atomic mass is 9.47. The summed E-state index contributed by atoms with van der Waals surface area (Å²) in [6.45, 7) is 25.1. The summed E-state index contributed by atoms with van der Waals surface area (Å²) >= 11 is 0. The molecule has 6 fully saturated rings. The van der Waals surface area contributed by atoms with Crippen molar-refractivity contribution in [1.29, 1.82) is 0 Å². The van der Waals surface area contributed by atoms with E-state index in [1.165, 1.54) is 103 Å². The molecule has 0 N–H and O–H groups in total. The van der Waals surface area contributed by atoms with Gasteiger partial charge in [-0.15, -0.1) is 0 Å². The van der Waals surface area contributed by atoms with Gasteiger partial charge in [0.15, 0.2) is 0 Å². The monoisotopic (exact) mass is 855 g/mol. The maximum atomic E-state index is 13.3. The summed E-state index contributed by atoms with van der Waals surface area (Å²) < 4.78 is 12.3. The maximum absolute atomic E-state index is 13.3. The molecule has 0 aromatic carbocycles. The molecule has 0 radical (unpaired) electrons. The summed E-state index contributed by atoms with van der Waals surface area (Å²) in [5.41, 5.74) is 4.62. The number of hydrogen-bond acceptors (Lipinski definition) is 4. The van der Waals surface area contributed by atoms with Crippen LogP contribution in [0.25, 0.3) is 0 Å². The third-order valence-corrected chi connectivity index (χ3v) is 21.6. The summed E-state index contributed by atoms with van der Waals surface area (Å²) in [5, 5.41) is 0. The van der Waals surface area contributed by atoms with Gasteiger partial charge in [-0.2, -0.15) is 0 Å². The van der Waals surface area contributed by atoms with Crippen molar-refractivity contribution in [2.45, 2.75) is 236 Å². The standard InChI is InChI=1S/C58H94O4/c1-37(2)13-11-15-39(5)47-21-23-49-45-19-17-41-35-43(27-31-55(41,7)51(45)29-33-57(47,49)9)61-53(59)25-26-54(60)62-44-28-32-56(8)42(36-44)18-20-46-50-24-22-48(40(6)16-12-14-38(3)4)58(50,10)34-30-52(46)56/h17-18,37-40,43-52H,11-16,19-36H2,1-10H3. The highest BCUT2D eigenvalue weighted by molar-refractivity contribution is 5.77. The van der Waals surface area contributed by atoms with Crippen molar-refractivity contribution >= 4 is 11.9 Å². The molecule has 0 heterocycles. The molecule has 4 heteroatoms. The Labute approximate surface area is 381 Å². The molecule has 0 spiro atoms. The van der Waals surface area contributed by atoms with Gasteiger partial charge in [-0.05, 0) is 183 Å². The molecule has 62 heavy (non-hydrogen) atoms.